The Bertz CT molecular complexity index is 1190. The molecule has 1 aliphatic rings. The van der Waals surface area contributed by atoms with Crippen LogP contribution in [0, 0.1) is 5.82 Å². The lowest BCUT2D eigenvalue weighted by Crippen LogP contribution is -2.47. The number of piperazine rings is 1. The highest BCUT2D eigenvalue weighted by molar-refractivity contribution is 5.99. The van der Waals surface area contributed by atoms with E-state index in [4.69, 9.17) is 0 Å². The Labute approximate surface area is 191 Å². The standard InChI is InChI=1S/C24H25FN6O2/c1-18(19-5-3-2-4-6-19)26-27-23(32)17-31-24(33)12-11-22(28-31)30-15-13-29(14-16-30)21-9-7-20(25)8-10-21/h2-12H,13-17H2,1H3,(H,27,32)/b26-18+. The molecule has 0 spiro atoms. The molecule has 1 aromatic heterocycles. The van der Waals surface area contributed by atoms with Gasteiger partial charge in [-0.15, -0.1) is 0 Å². The summed E-state index contributed by atoms with van der Waals surface area (Å²) in [4.78, 5) is 28.8. The Morgan fingerprint density at radius 1 is 0.970 bits per heavy atom. The van der Waals surface area contributed by atoms with Crippen molar-refractivity contribution in [3.8, 4) is 0 Å². The van der Waals surface area contributed by atoms with Gasteiger partial charge >= 0.3 is 0 Å². The van der Waals surface area contributed by atoms with Crippen molar-refractivity contribution >= 4 is 23.1 Å². The van der Waals surface area contributed by atoms with Crippen LogP contribution in [-0.4, -0.2) is 47.6 Å². The number of nitrogens with one attached hydrogen (secondary N) is 1. The molecule has 0 unspecified atom stereocenters. The van der Waals surface area contributed by atoms with Crippen molar-refractivity contribution in [1.29, 1.82) is 0 Å². The number of amides is 1. The van der Waals surface area contributed by atoms with Crippen LogP contribution in [0.15, 0.2) is 76.6 Å². The minimum absolute atomic E-state index is 0.228. The molecule has 4 rings (SSSR count). The lowest BCUT2D eigenvalue weighted by molar-refractivity contribution is -0.121. The van der Waals surface area contributed by atoms with Gasteiger partial charge in [-0.25, -0.2) is 14.5 Å². The van der Waals surface area contributed by atoms with Crippen LogP contribution in [0.2, 0.25) is 0 Å². The van der Waals surface area contributed by atoms with Crippen molar-refractivity contribution in [3.63, 3.8) is 0 Å². The van der Waals surface area contributed by atoms with Gasteiger partial charge in [-0.1, -0.05) is 30.3 Å². The van der Waals surface area contributed by atoms with Crippen molar-refractivity contribution in [3.05, 3.63) is 88.5 Å². The third-order valence-electron chi connectivity index (χ3n) is 5.48. The molecule has 1 fully saturated rings. The van der Waals surface area contributed by atoms with Crippen LogP contribution in [0.5, 0.6) is 0 Å². The van der Waals surface area contributed by atoms with Crippen molar-refractivity contribution in [2.75, 3.05) is 36.0 Å². The monoisotopic (exact) mass is 448 g/mol. The Morgan fingerprint density at radius 2 is 1.64 bits per heavy atom. The predicted octanol–water partition coefficient (Wildman–Crippen LogP) is 2.25. The zero-order valence-electron chi connectivity index (χ0n) is 18.3. The maximum absolute atomic E-state index is 13.2. The van der Waals surface area contributed by atoms with Gasteiger partial charge < -0.3 is 9.80 Å². The molecule has 1 N–H and O–H groups in total. The first-order chi connectivity index (χ1) is 16.0. The summed E-state index contributed by atoms with van der Waals surface area (Å²) in [5.41, 5.74) is 4.66. The zero-order valence-corrected chi connectivity index (χ0v) is 18.3. The van der Waals surface area contributed by atoms with Crippen LogP contribution >= 0.6 is 0 Å². The van der Waals surface area contributed by atoms with Gasteiger partial charge in [-0.2, -0.15) is 10.2 Å². The second-order valence-corrected chi connectivity index (χ2v) is 7.74. The number of benzene rings is 2. The van der Waals surface area contributed by atoms with E-state index in [1.54, 1.807) is 25.1 Å². The molecule has 0 saturated carbocycles. The largest absolute Gasteiger partial charge is 0.368 e. The molecule has 33 heavy (non-hydrogen) atoms. The number of hydrazone groups is 1. The quantitative estimate of drug-likeness (QED) is 0.462. The molecule has 2 aromatic carbocycles. The van der Waals surface area contributed by atoms with E-state index >= 15 is 0 Å². The van der Waals surface area contributed by atoms with Gasteiger partial charge in [-0.3, -0.25) is 9.59 Å². The van der Waals surface area contributed by atoms with Crippen LogP contribution in [0.4, 0.5) is 15.9 Å². The van der Waals surface area contributed by atoms with E-state index in [0.29, 0.717) is 24.6 Å². The number of halogens is 1. The molecule has 8 nitrogen and oxygen atoms in total. The Hall–Kier alpha value is -4.01. The molecule has 9 heteroatoms. The Kier molecular flexibility index (Phi) is 6.77. The van der Waals surface area contributed by atoms with Gasteiger partial charge in [0.15, 0.2) is 0 Å². The van der Waals surface area contributed by atoms with Crippen molar-refractivity contribution < 1.29 is 9.18 Å². The number of carbonyl (C=O) groups excluding carboxylic acids is 1. The zero-order chi connectivity index (χ0) is 23.2. The van der Waals surface area contributed by atoms with E-state index in [-0.39, 0.29) is 17.9 Å². The fraction of sp³-hybridized carbons (Fsp3) is 0.250. The van der Waals surface area contributed by atoms with E-state index in [2.05, 4.69) is 25.4 Å². The molecule has 0 aliphatic carbocycles. The molecule has 0 radical (unpaired) electrons. The number of rotatable bonds is 6. The van der Waals surface area contributed by atoms with Crippen LogP contribution in [-0.2, 0) is 11.3 Å². The minimum Gasteiger partial charge on any atom is -0.368 e. The second kappa shape index (κ2) is 10.1. The summed E-state index contributed by atoms with van der Waals surface area (Å²) in [6.07, 6.45) is 0. The summed E-state index contributed by atoms with van der Waals surface area (Å²) in [7, 11) is 0. The number of aromatic nitrogens is 2. The summed E-state index contributed by atoms with van der Waals surface area (Å²) in [6, 6.07) is 19.0. The molecular formula is C24H25FN6O2. The highest BCUT2D eigenvalue weighted by Gasteiger charge is 2.19. The Balaban J connectivity index is 1.37. The lowest BCUT2D eigenvalue weighted by Gasteiger charge is -2.36. The van der Waals surface area contributed by atoms with E-state index in [0.717, 1.165) is 29.0 Å². The maximum atomic E-state index is 13.2. The van der Waals surface area contributed by atoms with E-state index in [1.165, 1.54) is 18.2 Å². The molecule has 1 amide bonds. The topological polar surface area (TPSA) is 82.8 Å². The fourth-order valence-electron chi connectivity index (χ4n) is 3.63. The smallest absolute Gasteiger partial charge is 0.267 e. The molecule has 3 aromatic rings. The van der Waals surface area contributed by atoms with Crippen LogP contribution in [0.3, 0.4) is 0 Å². The molecule has 1 saturated heterocycles. The fourth-order valence-corrected chi connectivity index (χ4v) is 3.63. The average Bonchev–Trinajstić information content (AvgIpc) is 2.85. The molecule has 170 valence electrons. The normalized spacial score (nSPS) is 14.3. The summed E-state index contributed by atoms with van der Waals surface area (Å²) in [5.74, 6) is -0.0583. The van der Waals surface area contributed by atoms with Gasteiger partial charge in [0.25, 0.3) is 11.5 Å². The van der Waals surface area contributed by atoms with Gasteiger partial charge in [0, 0.05) is 37.9 Å². The minimum atomic E-state index is -0.432. The number of anilines is 2. The second-order valence-electron chi connectivity index (χ2n) is 7.74. The van der Waals surface area contributed by atoms with Crippen molar-refractivity contribution in [2.45, 2.75) is 13.5 Å². The highest BCUT2D eigenvalue weighted by Crippen LogP contribution is 2.19. The first-order valence-electron chi connectivity index (χ1n) is 10.7. The van der Waals surface area contributed by atoms with Gasteiger partial charge in [0.2, 0.25) is 0 Å². The van der Waals surface area contributed by atoms with Gasteiger partial charge in [-0.05, 0) is 42.8 Å². The van der Waals surface area contributed by atoms with Crippen LogP contribution in [0.1, 0.15) is 12.5 Å². The molecule has 0 bridgehead atoms. The molecule has 1 aliphatic heterocycles. The van der Waals surface area contributed by atoms with E-state index < -0.39 is 5.91 Å². The summed E-state index contributed by atoms with van der Waals surface area (Å²) >= 11 is 0. The van der Waals surface area contributed by atoms with E-state index in [9.17, 15) is 14.0 Å². The predicted molar refractivity (Wildman–Crippen MR) is 126 cm³/mol. The number of carbonyl (C=O) groups is 1. The number of hydrogen-bond donors (Lipinski definition) is 1. The number of nitrogens with zero attached hydrogens (tertiary/aromatic N) is 5. The van der Waals surface area contributed by atoms with Gasteiger partial charge in [0.1, 0.15) is 18.2 Å². The van der Waals surface area contributed by atoms with E-state index in [1.807, 2.05) is 30.3 Å². The third kappa shape index (κ3) is 5.62. The van der Waals surface area contributed by atoms with Crippen molar-refractivity contribution in [1.82, 2.24) is 15.2 Å². The molecule has 2 heterocycles. The van der Waals surface area contributed by atoms with Crippen LogP contribution in [0.25, 0.3) is 0 Å². The maximum Gasteiger partial charge on any atom is 0.267 e. The molecular weight excluding hydrogens is 423 g/mol. The Morgan fingerprint density at radius 3 is 2.33 bits per heavy atom. The van der Waals surface area contributed by atoms with Gasteiger partial charge in [0.05, 0.1) is 5.71 Å². The number of hydrogen-bond acceptors (Lipinski definition) is 6. The summed E-state index contributed by atoms with van der Waals surface area (Å²) in [6.45, 7) is 4.42. The lowest BCUT2D eigenvalue weighted by atomic mass is 10.1. The van der Waals surface area contributed by atoms with Crippen LogP contribution < -0.4 is 20.8 Å². The first-order valence-corrected chi connectivity index (χ1v) is 10.7. The third-order valence-corrected chi connectivity index (χ3v) is 5.48. The summed E-state index contributed by atoms with van der Waals surface area (Å²) < 4.78 is 14.3. The highest BCUT2D eigenvalue weighted by atomic mass is 19.1. The summed E-state index contributed by atoms with van der Waals surface area (Å²) in [5, 5.41) is 8.49. The molecule has 0 atom stereocenters. The van der Waals surface area contributed by atoms with Crippen molar-refractivity contribution in [2.24, 2.45) is 5.10 Å². The first kappa shape index (κ1) is 22.2. The SMILES string of the molecule is C/C(=N\NC(=O)Cn1nc(N2CCN(c3ccc(F)cc3)CC2)ccc1=O)c1ccccc1. The average molecular weight is 449 g/mol.